The Bertz CT molecular complexity index is 280. The number of nitrogens with zero attached hydrogens (tertiary/aromatic N) is 1. The van der Waals surface area contributed by atoms with Gasteiger partial charge in [0.2, 0.25) is 0 Å². The second-order valence-electron chi connectivity index (χ2n) is 4.39. The van der Waals surface area contributed by atoms with Gasteiger partial charge in [-0.05, 0) is 12.1 Å². The van der Waals surface area contributed by atoms with Crippen molar-refractivity contribution in [3.63, 3.8) is 0 Å². The minimum absolute atomic E-state index is 1.09. The molecule has 0 spiro atoms. The molecule has 1 rings (SSSR count). The molecule has 16 heavy (non-hydrogen) atoms. The van der Waals surface area contributed by atoms with Gasteiger partial charge in [0.25, 0.3) is 0 Å². The highest BCUT2D eigenvalue weighted by Crippen LogP contribution is 2.11. The molecule has 0 aromatic heterocycles. The van der Waals surface area contributed by atoms with E-state index in [-0.39, 0.29) is 0 Å². The molecule has 0 saturated heterocycles. The maximum atomic E-state index is 2.38. The minimum Gasteiger partial charge on any atom is -0.378 e. The van der Waals surface area contributed by atoms with Crippen LogP contribution in [0.4, 0.5) is 5.69 Å². The first-order valence-electron chi connectivity index (χ1n) is 6.10. The number of anilines is 1. The van der Waals surface area contributed by atoms with E-state index in [4.69, 9.17) is 0 Å². The third-order valence-electron chi connectivity index (χ3n) is 2.73. The molecule has 0 saturated carbocycles. The van der Waals surface area contributed by atoms with Crippen molar-refractivity contribution in [2.75, 3.05) is 39.1 Å². The molecule has 0 atom stereocenters. The predicted octanol–water partition coefficient (Wildman–Crippen LogP) is -0.601. The van der Waals surface area contributed by atoms with Gasteiger partial charge in [0, 0.05) is 31.8 Å². The van der Waals surface area contributed by atoms with Gasteiger partial charge in [-0.2, -0.15) is 0 Å². The lowest BCUT2D eigenvalue weighted by molar-refractivity contribution is -0.682. The number of nitrogens with two attached hydrogens (primary N) is 2. The van der Waals surface area contributed by atoms with Gasteiger partial charge >= 0.3 is 0 Å². The van der Waals surface area contributed by atoms with E-state index in [9.17, 15) is 0 Å². The number of hydrogen-bond donors (Lipinski definition) is 2. The molecule has 0 unspecified atom stereocenters. The summed E-state index contributed by atoms with van der Waals surface area (Å²) in [6, 6.07) is 8.81. The Morgan fingerprint density at radius 1 is 1.06 bits per heavy atom. The van der Waals surface area contributed by atoms with E-state index in [1.54, 1.807) is 0 Å². The van der Waals surface area contributed by atoms with E-state index in [1.807, 2.05) is 0 Å². The molecule has 0 fully saturated rings. The van der Waals surface area contributed by atoms with Crippen LogP contribution in [0.15, 0.2) is 24.3 Å². The number of benzene rings is 1. The molecule has 0 radical (unpaired) electrons. The van der Waals surface area contributed by atoms with Gasteiger partial charge in [0.15, 0.2) is 0 Å². The van der Waals surface area contributed by atoms with E-state index in [1.165, 1.54) is 30.8 Å². The Balaban J connectivity index is 2.27. The Hall–Kier alpha value is -1.06. The fraction of sp³-hybridized carbons (Fsp3) is 0.538. The molecule has 0 bridgehead atoms. The SMILES string of the molecule is C[NH2+]CCC[NH2+]Cc1ccc(N(C)C)cc1. The number of quaternary nitrogens is 2. The lowest BCUT2D eigenvalue weighted by Gasteiger charge is -2.12. The van der Waals surface area contributed by atoms with Gasteiger partial charge in [-0.3, -0.25) is 0 Å². The molecule has 3 nitrogen and oxygen atoms in total. The average molecular weight is 223 g/mol. The fourth-order valence-electron chi connectivity index (χ4n) is 1.67. The van der Waals surface area contributed by atoms with E-state index in [0.717, 1.165) is 6.54 Å². The van der Waals surface area contributed by atoms with Crippen LogP contribution in [-0.4, -0.2) is 34.2 Å². The van der Waals surface area contributed by atoms with E-state index in [2.05, 4.69) is 60.9 Å². The van der Waals surface area contributed by atoms with E-state index in [0.29, 0.717) is 0 Å². The first kappa shape index (κ1) is 13.0. The standard InChI is InChI=1S/C13H23N3/c1-14-9-4-10-15-11-12-5-7-13(8-6-12)16(2)3/h5-8,14-15H,4,9-11H2,1-3H3/p+2. The van der Waals surface area contributed by atoms with Gasteiger partial charge in [-0.15, -0.1) is 0 Å². The Morgan fingerprint density at radius 3 is 2.31 bits per heavy atom. The highest BCUT2D eigenvalue weighted by Gasteiger charge is 1.98. The molecular weight excluding hydrogens is 198 g/mol. The summed E-state index contributed by atoms with van der Waals surface area (Å²) in [4.78, 5) is 2.13. The molecule has 0 aliphatic carbocycles. The summed E-state index contributed by atoms with van der Waals surface area (Å²) >= 11 is 0. The van der Waals surface area contributed by atoms with Gasteiger partial charge in [-0.1, -0.05) is 12.1 Å². The molecule has 1 aromatic carbocycles. The van der Waals surface area contributed by atoms with Gasteiger partial charge in [-0.25, -0.2) is 0 Å². The van der Waals surface area contributed by atoms with Gasteiger partial charge < -0.3 is 15.5 Å². The van der Waals surface area contributed by atoms with Crippen molar-refractivity contribution in [1.29, 1.82) is 0 Å². The summed E-state index contributed by atoms with van der Waals surface area (Å²) in [7, 11) is 6.27. The van der Waals surface area contributed by atoms with Gasteiger partial charge in [0.1, 0.15) is 6.54 Å². The fourth-order valence-corrected chi connectivity index (χ4v) is 1.67. The van der Waals surface area contributed by atoms with Crippen LogP contribution in [0.1, 0.15) is 12.0 Å². The van der Waals surface area contributed by atoms with Crippen LogP contribution in [0.5, 0.6) is 0 Å². The molecule has 0 amide bonds. The molecule has 3 heteroatoms. The molecule has 0 heterocycles. The third-order valence-corrected chi connectivity index (χ3v) is 2.73. The zero-order chi connectivity index (χ0) is 11.8. The summed E-state index contributed by atoms with van der Waals surface area (Å²) in [6.45, 7) is 3.55. The first-order valence-corrected chi connectivity index (χ1v) is 6.10. The van der Waals surface area contributed by atoms with Crippen molar-refractivity contribution in [3.8, 4) is 0 Å². The Kier molecular flexibility index (Phi) is 5.90. The van der Waals surface area contributed by atoms with Crippen LogP contribution < -0.4 is 15.5 Å². The molecule has 4 N–H and O–H groups in total. The van der Waals surface area contributed by atoms with Crippen LogP contribution >= 0.6 is 0 Å². The van der Waals surface area contributed by atoms with Crippen molar-refractivity contribution in [1.82, 2.24) is 0 Å². The average Bonchev–Trinajstić information content (AvgIpc) is 2.29. The molecule has 90 valence electrons. The van der Waals surface area contributed by atoms with Crippen molar-refractivity contribution in [3.05, 3.63) is 29.8 Å². The van der Waals surface area contributed by atoms with E-state index < -0.39 is 0 Å². The summed E-state index contributed by atoms with van der Waals surface area (Å²) in [6.07, 6.45) is 1.28. The maximum Gasteiger partial charge on any atom is 0.101 e. The van der Waals surface area contributed by atoms with Crippen LogP contribution in [0.25, 0.3) is 0 Å². The monoisotopic (exact) mass is 223 g/mol. The zero-order valence-corrected chi connectivity index (χ0v) is 10.7. The highest BCUT2D eigenvalue weighted by atomic mass is 15.1. The van der Waals surface area contributed by atoms with Gasteiger partial charge in [0.05, 0.1) is 20.1 Å². The largest absolute Gasteiger partial charge is 0.378 e. The van der Waals surface area contributed by atoms with Crippen LogP contribution in [-0.2, 0) is 6.54 Å². The zero-order valence-electron chi connectivity index (χ0n) is 10.7. The Labute approximate surface area is 98.8 Å². The quantitative estimate of drug-likeness (QED) is 0.595. The lowest BCUT2D eigenvalue weighted by atomic mass is 10.2. The van der Waals surface area contributed by atoms with Crippen LogP contribution in [0.2, 0.25) is 0 Å². The minimum atomic E-state index is 1.09. The van der Waals surface area contributed by atoms with Crippen molar-refractivity contribution in [2.24, 2.45) is 0 Å². The van der Waals surface area contributed by atoms with Crippen LogP contribution in [0, 0.1) is 0 Å². The highest BCUT2D eigenvalue weighted by molar-refractivity contribution is 5.45. The second-order valence-corrected chi connectivity index (χ2v) is 4.39. The normalized spacial score (nSPS) is 10.4. The van der Waals surface area contributed by atoms with Crippen molar-refractivity contribution in [2.45, 2.75) is 13.0 Å². The summed E-state index contributed by atoms with van der Waals surface area (Å²) < 4.78 is 0. The molecule has 1 aromatic rings. The predicted molar refractivity (Wildman–Crippen MR) is 68.6 cm³/mol. The smallest absolute Gasteiger partial charge is 0.101 e. The summed E-state index contributed by atoms with van der Waals surface area (Å²) in [5.74, 6) is 0. The Morgan fingerprint density at radius 2 is 1.75 bits per heavy atom. The van der Waals surface area contributed by atoms with Crippen LogP contribution in [0.3, 0.4) is 0 Å². The lowest BCUT2D eigenvalue weighted by Crippen LogP contribution is -2.85. The molecule has 0 aliphatic rings. The first-order chi connectivity index (χ1) is 7.74. The van der Waals surface area contributed by atoms with Crippen molar-refractivity contribution < 1.29 is 10.6 Å². The van der Waals surface area contributed by atoms with Crippen molar-refractivity contribution >= 4 is 5.69 Å². The van der Waals surface area contributed by atoms with E-state index >= 15 is 0 Å². The molecular formula is C13H25N3+2. The summed E-state index contributed by atoms with van der Waals surface area (Å²) in [5.41, 5.74) is 2.68. The molecule has 0 aliphatic heterocycles. The summed E-state index contributed by atoms with van der Waals surface area (Å²) in [5, 5.41) is 4.62. The second kappa shape index (κ2) is 7.25. The topological polar surface area (TPSA) is 36.5 Å². The maximum absolute atomic E-state index is 2.38. The third kappa shape index (κ3) is 4.64. The number of hydrogen-bond acceptors (Lipinski definition) is 1. The number of rotatable bonds is 7.